The lowest BCUT2D eigenvalue weighted by atomic mass is 9.98. The van der Waals surface area contributed by atoms with Gasteiger partial charge in [0.2, 0.25) is 0 Å². The second-order valence-corrected chi connectivity index (χ2v) is 5.81. The van der Waals surface area contributed by atoms with Crippen LogP contribution in [0.5, 0.6) is 0 Å². The largest absolute Gasteiger partial charge is 0.256 e. The van der Waals surface area contributed by atoms with Gasteiger partial charge < -0.3 is 0 Å². The summed E-state index contributed by atoms with van der Waals surface area (Å²) in [7, 11) is 0. The Morgan fingerprint density at radius 3 is 2.55 bits per heavy atom. The Labute approximate surface area is 130 Å². The van der Waals surface area contributed by atoms with Crippen molar-refractivity contribution in [2.45, 2.75) is 13.3 Å². The first-order valence-electron chi connectivity index (χ1n) is 7.62. The zero-order chi connectivity index (χ0) is 14.9. The van der Waals surface area contributed by atoms with Gasteiger partial charge in [0.25, 0.3) is 0 Å². The molecule has 0 spiro atoms. The van der Waals surface area contributed by atoms with Gasteiger partial charge >= 0.3 is 0 Å². The van der Waals surface area contributed by atoms with Gasteiger partial charge in [-0.15, -0.1) is 0 Å². The zero-order valence-electron chi connectivity index (χ0n) is 12.6. The summed E-state index contributed by atoms with van der Waals surface area (Å²) in [4.78, 5) is 4.66. The maximum atomic E-state index is 4.66. The van der Waals surface area contributed by atoms with Crippen molar-refractivity contribution in [3.8, 4) is 0 Å². The van der Waals surface area contributed by atoms with Crippen LogP contribution in [0, 0.1) is 6.92 Å². The number of para-hydroxylation sites is 1. The number of hydrogen-bond donors (Lipinski definition) is 0. The topological polar surface area (TPSA) is 12.9 Å². The molecule has 0 radical (unpaired) electrons. The van der Waals surface area contributed by atoms with Gasteiger partial charge in [0.1, 0.15) is 0 Å². The Balaban J connectivity index is 1.79. The van der Waals surface area contributed by atoms with E-state index < -0.39 is 0 Å². The van der Waals surface area contributed by atoms with E-state index in [0.717, 1.165) is 11.9 Å². The number of pyridine rings is 1. The standard InChI is InChI=1S/C21H17N/c1-15-6-4-10-19-13-16(14-22-21(15)19)12-18-9-5-8-17-7-2-3-11-20(17)18/h2-11,13-14H,12H2,1H3. The monoisotopic (exact) mass is 283 g/mol. The van der Waals surface area contributed by atoms with E-state index in [4.69, 9.17) is 0 Å². The lowest BCUT2D eigenvalue weighted by Gasteiger charge is -2.08. The molecule has 1 heteroatoms. The molecule has 0 bridgehead atoms. The number of hydrogen-bond acceptors (Lipinski definition) is 1. The van der Waals surface area contributed by atoms with Crippen molar-refractivity contribution in [3.05, 3.63) is 89.6 Å². The molecule has 3 aromatic carbocycles. The first-order valence-corrected chi connectivity index (χ1v) is 7.62. The summed E-state index contributed by atoms with van der Waals surface area (Å²) in [6.45, 7) is 2.11. The number of nitrogens with zero attached hydrogens (tertiary/aromatic N) is 1. The Kier molecular flexibility index (Phi) is 3.12. The molecule has 22 heavy (non-hydrogen) atoms. The van der Waals surface area contributed by atoms with Crippen molar-refractivity contribution < 1.29 is 0 Å². The maximum Gasteiger partial charge on any atom is 0.0731 e. The molecule has 0 saturated heterocycles. The van der Waals surface area contributed by atoms with Crippen molar-refractivity contribution in [1.82, 2.24) is 4.98 Å². The van der Waals surface area contributed by atoms with Gasteiger partial charge in [0.15, 0.2) is 0 Å². The number of aryl methyl sites for hydroxylation is 1. The van der Waals surface area contributed by atoms with Gasteiger partial charge in [-0.25, -0.2) is 0 Å². The van der Waals surface area contributed by atoms with Crippen LogP contribution in [0.4, 0.5) is 0 Å². The summed E-state index contributed by atoms with van der Waals surface area (Å²) in [6.07, 6.45) is 2.93. The molecule has 1 nitrogen and oxygen atoms in total. The third-order valence-electron chi connectivity index (χ3n) is 4.24. The summed E-state index contributed by atoms with van der Waals surface area (Å²) in [5, 5.41) is 3.84. The Hall–Kier alpha value is -2.67. The Morgan fingerprint density at radius 1 is 0.818 bits per heavy atom. The van der Waals surface area contributed by atoms with Crippen LogP contribution in [0.3, 0.4) is 0 Å². The normalized spacial score (nSPS) is 11.1. The van der Waals surface area contributed by atoms with E-state index in [1.165, 1.54) is 32.8 Å². The predicted molar refractivity (Wildman–Crippen MR) is 93.2 cm³/mol. The molecule has 0 aliphatic heterocycles. The van der Waals surface area contributed by atoms with Crippen LogP contribution in [0.25, 0.3) is 21.7 Å². The van der Waals surface area contributed by atoms with Gasteiger partial charge in [-0.05, 0) is 46.9 Å². The Morgan fingerprint density at radius 2 is 1.59 bits per heavy atom. The average Bonchev–Trinajstić information content (AvgIpc) is 2.55. The second-order valence-electron chi connectivity index (χ2n) is 5.81. The zero-order valence-corrected chi connectivity index (χ0v) is 12.6. The number of aromatic nitrogens is 1. The van der Waals surface area contributed by atoms with Gasteiger partial charge in [0.05, 0.1) is 5.52 Å². The molecule has 0 aliphatic rings. The summed E-state index contributed by atoms with van der Waals surface area (Å²) < 4.78 is 0. The quantitative estimate of drug-likeness (QED) is 0.487. The van der Waals surface area contributed by atoms with Gasteiger partial charge in [-0.2, -0.15) is 0 Å². The molecule has 0 N–H and O–H groups in total. The highest BCUT2D eigenvalue weighted by molar-refractivity contribution is 5.86. The van der Waals surface area contributed by atoms with Crippen LogP contribution >= 0.6 is 0 Å². The average molecular weight is 283 g/mol. The van der Waals surface area contributed by atoms with Crippen molar-refractivity contribution >= 4 is 21.7 Å². The molecule has 1 heterocycles. The minimum absolute atomic E-state index is 0.915. The molecule has 4 aromatic rings. The first-order chi connectivity index (χ1) is 10.8. The molecule has 4 rings (SSSR count). The smallest absolute Gasteiger partial charge is 0.0731 e. The molecule has 0 amide bonds. The number of benzene rings is 3. The van der Waals surface area contributed by atoms with E-state index in [1.54, 1.807) is 0 Å². The fraction of sp³-hybridized carbons (Fsp3) is 0.0952. The molecule has 106 valence electrons. The highest BCUT2D eigenvalue weighted by Crippen LogP contribution is 2.23. The van der Waals surface area contributed by atoms with Crippen molar-refractivity contribution in [2.24, 2.45) is 0 Å². The SMILES string of the molecule is Cc1cccc2cc(Cc3cccc4ccccc34)cnc12. The van der Waals surface area contributed by atoms with Crippen LogP contribution in [-0.4, -0.2) is 4.98 Å². The third-order valence-corrected chi connectivity index (χ3v) is 4.24. The molecule has 1 aromatic heterocycles. The number of fused-ring (bicyclic) bond motifs is 2. The van der Waals surface area contributed by atoms with Crippen molar-refractivity contribution in [1.29, 1.82) is 0 Å². The molecule has 0 unspecified atom stereocenters. The van der Waals surface area contributed by atoms with Crippen LogP contribution in [0.1, 0.15) is 16.7 Å². The molecule has 0 aliphatic carbocycles. The highest BCUT2D eigenvalue weighted by atomic mass is 14.7. The van der Waals surface area contributed by atoms with E-state index >= 15 is 0 Å². The van der Waals surface area contributed by atoms with E-state index in [9.17, 15) is 0 Å². The van der Waals surface area contributed by atoms with Crippen LogP contribution < -0.4 is 0 Å². The van der Waals surface area contributed by atoms with E-state index in [2.05, 4.69) is 78.6 Å². The maximum absolute atomic E-state index is 4.66. The minimum Gasteiger partial charge on any atom is -0.256 e. The molecule has 0 saturated carbocycles. The fourth-order valence-electron chi connectivity index (χ4n) is 3.12. The summed E-state index contributed by atoms with van der Waals surface area (Å²) >= 11 is 0. The molecule has 0 fully saturated rings. The van der Waals surface area contributed by atoms with Gasteiger partial charge in [-0.1, -0.05) is 60.7 Å². The predicted octanol–water partition coefficient (Wildman–Crippen LogP) is 5.29. The summed E-state index contributed by atoms with van der Waals surface area (Å²) in [5.41, 5.74) is 4.94. The van der Waals surface area contributed by atoms with Crippen LogP contribution in [0.2, 0.25) is 0 Å². The van der Waals surface area contributed by atoms with Crippen LogP contribution in [-0.2, 0) is 6.42 Å². The third kappa shape index (κ3) is 2.25. The number of rotatable bonds is 2. The lowest BCUT2D eigenvalue weighted by Crippen LogP contribution is -1.92. The van der Waals surface area contributed by atoms with Gasteiger partial charge in [0, 0.05) is 11.6 Å². The lowest BCUT2D eigenvalue weighted by molar-refractivity contribution is 1.18. The molecular formula is C21H17N. The van der Waals surface area contributed by atoms with E-state index in [-0.39, 0.29) is 0 Å². The Bertz CT molecular complexity index is 964. The molecule has 0 atom stereocenters. The fourth-order valence-corrected chi connectivity index (χ4v) is 3.12. The van der Waals surface area contributed by atoms with E-state index in [1.807, 2.05) is 6.20 Å². The first kappa shape index (κ1) is 13.0. The highest BCUT2D eigenvalue weighted by Gasteiger charge is 2.04. The summed E-state index contributed by atoms with van der Waals surface area (Å²) in [5.74, 6) is 0. The van der Waals surface area contributed by atoms with Gasteiger partial charge in [-0.3, -0.25) is 4.98 Å². The van der Waals surface area contributed by atoms with Crippen molar-refractivity contribution in [3.63, 3.8) is 0 Å². The minimum atomic E-state index is 0.915. The summed E-state index contributed by atoms with van der Waals surface area (Å²) in [6, 6.07) is 23.7. The van der Waals surface area contributed by atoms with Crippen LogP contribution in [0.15, 0.2) is 72.9 Å². The van der Waals surface area contributed by atoms with Crippen molar-refractivity contribution in [2.75, 3.05) is 0 Å². The molecular weight excluding hydrogens is 266 g/mol. The second kappa shape index (κ2) is 5.27. The van der Waals surface area contributed by atoms with E-state index in [0.29, 0.717) is 0 Å².